The predicted octanol–water partition coefficient (Wildman–Crippen LogP) is 3.78. The molecule has 4 rings (SSSR count). The van der Waals surface area contributed by atoms with Crippen molar-refractivity contribution in [3.05, 3.63) is 73.1 Å². The maximum atomic E-state index is 5.92. The number of hydrogen-bond acceptors (Lipinski definition) is 4. The van der Waals surface area contributed by atoms with Crippen LogP contribution in [0.3, 0.4) is 0 Å². The van der Waals surface area contributed by atoms with E-state index in [4.69, 9.17) is 7.06 Å². The molecule has 0 bridgehead atoms. The van der Waals surface area contributed by atoms with Crippen molar-refractivity contribution in [3.63, 3.8) is 0 Å². The van der Waals surface area contributed by atoms with Gasteiger partial charge in [-0.2, -0.15) is 0 Å². The van der Waals surface area contributed by atoms with Gasteiger partial charge in [0.2, 0.25) is 0 Å². The summed E-state index contributed by atoms with van der Waals surface area (Å²) in [5, 5.41) is 2.13. The molecule has 0 unspecified atom stereocenters. The van der Waals surface area contributed by atoms with Crippen molar-refractivity contribution >= 4 is 39.9 Å². The molecule has 0 amide bonds. The van der Waals surface area contributed by atoms with Gasteiger partial charge in [-0.15, -0.1) is 0 Å². The molecule has 0 spiro atoms. The summed E-state index contributed by atoms with van der Waals surface area (Å²) >= 11 is -1.41. The van der Waals surface area contributed by atoms with Gasteiger partial charge in [-0.05, 0) is 0 Å². The molecule has 4 nitrogen and oxygen atoms in total. The number of pyridine rings is 2. The molecule has 4 aromatic rings. The van der Waals surface area contributed by atoms with Gasteiger partial charge in [-0.25, -0.2) is 0 Å². The Hall–Kier alpha value is -2.50. The summed E-state index contributed by atoms with van der Waals surface area (Å²) < 4.78 is 11.8. The summed E-state index contributed by atoms with van der Waals surface area (Å²) in [6, 6.07) is 19.7. The number of nitrogens with zero attached hydrogens (tertiary/aromatic N) is 2. The molecule has 0 atom stereocenters. The molecule has 0 aliphatic heterocycles. The van der Waals surface area contributed by atoms with Gasteiger partial charge in [0.05, 0.1) is 0 Å². The Morgan fingerprint density at radius 2 is 1.09 bits per heavy atom. The molecule has 23 heavy (non-hydrogen) atoms. The zero-order valence-corrected chi connectivity index (χ0v) is 14.6. The minimum absolute atomic E-state index is 0.774. The van der Waals surface area contributed by atoms with Crippen LogP contribution in [0, 0.1) is 0 Å². The molecule has 0 saturated carbocycles. The van der Waals surface area contributed by atoms with Crippen LogP contribution in [0.2, 0.25) is 0 Å². The van der Waals surface area contributed by atoms with E-state index in [1.807, 2.05) is 60.7 Å². The number of para-hydroxylation sites is 2. The minimum atomic E-state index is -1.41. The topological polar surface area (TPSA) is 44.2 Å². The fourth-order valence-electron chi connectivity index (χ4n) is 2.47. The first kappa shape index (κ1) is 14.1. The Morgan fingerprint density at radius 3 is 1.61 bits per heavy atom. The SMILES string of the molecule is c1cnc2c([O][Ga][O]c3cccc4cccnc34)cccc2c1. The molecule has 2 aromatic carbocycles. The van der Waals surface area contributed by atoms with Crippen molar-refractivity contribution in [1.82, 2.24) is 9.97 Å². The fourth-order valence-corrected chi connectivity index (χ4v) is 3.80. The van der Waals surface area contributed by atoms with E-state index < -0.39 is 18.1 Å². The maximum absolute atomic E-state index is 5.92. The van der Waals surface area contributed by atoms with E-state index in [2.05, 4.69) is 9.97 Å². The third kappa shape index (κ3) is 2.88. The van der Waals surface area contributed by atoms with E-state index in [1.54, 1.807) is 12.4 Å². The van der Waals surface area contributed by atoms with Gasteiger partial charge in [0.1, 0.15) is 0 Å². The molecule has 5 heteroatoms. The predicted molar refractivity (Wildman–Crippen MR) is 90.5 cm³/mol. The van der Waals surface area contributed by atoms with E-state index in [0.29, 0.717) is 0 Å². The molecular weight excluding hydrogens is 346 g/mol. The molecule has 1 radical (unpaired) electrons. The molecule has 0 aliphatic carbocycles. The van der Waals surface area contributed by atoms with E-state index in [-0.39, 0.29) is 0 Å². The summed E-state index contributed by atoms with van der Waals surface area (Å²) in [6.07, 6.45) is 3.54. The summed E-state index contributed by atoms with van der Waals surface area (Å²) in [6.45, 7) is 0. The Morgan fingerprint density at radius 1 is 0.609 bits per heavy atom. The van der Waals surface area contributed by atoms with Crippen LogP contribution in [0.5, 0.6) is 11.5 Å². The first-order valence-corrected chi connectivity index (χ1v) is 9.22. The van der Waals surface area contributed by atoms with Crippen LogP contribution in [0.4, 0.5) is 0 Å². The third-order valence-corrected chi connectivity index (χ3v) is 5.01. The zero-order valence-electron chi connectivity index (χ0n) is 12.2. The number of fused-ring (bicyclic) bond motifs is 2. The molecule has 0 aliphatic rings. The Bertz CT molecular complexity index is 885. The van der Waals surface area contributed by atoms with Crippen LogP contribution in [0.25, 0.3) is 21.8 Å². The van der Waals surface area contributed by atoms with Crippen molar-refractivity contribution in [2.75, 3.05) is 0 Å². The third-order valence-electron chi connectivity index (χ3n) is 3.54. The van der Waals surface area contributed by atoms with Gasteiger partial charge in [0, 0.05) is 0 Å². The average Bonchev–Trinajstić information content (AvgIpc) is 2.62. The van der Waals surface area contributed by atoms with Crippen molar-refractivity contribution in [2.45, 2.75) is 0 Å². The second-order valence-corrected chi connectivity index (χ2v) is 6.39. The number of benzene rings is 2. The van der Waals surface area contributed by atoms with E-state index in [0.717, 1.165) is 33.3 Å². The second-order valence-electron chi connectivity index (χ2n) is 4.99. The molecule has 109 valence electrons. The quantitative estimate of drug-likeness (QED) is 0.521. The van der Waals surface area contributed by atoms with Crippen molar-refractivity contribution in [1.29, 1.82) is 0 Å². The van der Waals surface area contributed by atoms with Gasteiger partial charge in [0.15, 0.2) is 0 Å². The van der Waals surface area contributed by atoms with Crippen LogP contribution in [-0.4, -0.2) is 28.1 Å². The number of hydrogen-bond donors (Lipinski definition) is 0. The van der Waals surface area contributed by atoms with Gasteiger partial charge in [-0.1, -0.05) is 0 Å². The fraction of sp³-hybridized carbons (Fsp3) is 0. The van der Waals surface area contributed by atoms with Crippen LogP contribution in [-0.2, 0) is 0 Å². The van der Waals surface area contributed by atoms with Gasteiger partial charge in [0.25, 0.3) is 0 Å². The summed E-state index contributed by atoms with van der Waals surface area (Å²) in [5.41, 5.74) is 1.73. The molecule has 2 aromatic heterocycles. The Labute approximate surface area is 141 Å². The van der Waals surface area contributed by atoms with Crippen molar-refractivity contribution in [2.24, 2.45) is 0 Å². The zero-order chi connectivity index (χ0) is 15.5. The second kappa shape index (κ2) is 6.32. The van der Waals surface area contributed by atoms with Crippen molar-refractivity contribution in [3.8, 4) is 11.5 Å². The van der Waals surface area contributed by atoms with Gasteiger partial charge in [-0.3, -0.25) is 0 Å². The van der Waals surface area contributed by atoms with Crippen LogP contribution in [0.15, 0.2) is 73.1 Å². The molecule has 0 saturated heterocycles. The molecular formula is C18H12GaN2O2. The summed E-state index contributed by atoms with van der Waals surface area (Å²) in [7, 11) is 0. The Kier molecular flexibility index (Phi) is 3.88. The van der Waals surface area contributed by atoms with Crippen LogP contribution >= 0.6 is 0 Å². The first-order chi connectivity index (χ1) is 11.4. The summed E-state index contributed by atoms with van der Waals surface area (Å²) in [5.74, 6) is 1.55. The normalized spacial score (nSPS) is 10.6. The number of aromatic nitrogens is 2. The van der Waals surface area contributed by atoms with Crippen molar-refractivity contribution < 1.29 is 7.06 Å². The van der Waals surface area contributed by atoms with Crippen LogP contribution in [0.1, 0.15) is 0 Å². The molecule has 0 N–H and O–H groups in total. The standard InChI is InChI=1S/2C9H7NO.Ga/c2*11-8-5-1-3-7-4-2-6-10-9(7)8;/h2*1-6,11H;/q;;+2/p-2. The molecule has 0 fully saturated rings. The monoisotopic (exact) mass is 357 g/mol. The average molecular weight is 358 g/mol. The molecule has 2 heterocycles. The van der Waals surface area contributed by atoms with E-state index in [9.17, 15) is 0 Å². The first-order valence-electron chi connectivity index (χ1n) is 7.24. The van der Waals surface area contributed by atoms with E-state index >= 15 is 0 Å². The van der Waals surface area contributed by atoms with E-state index in [1.165, 1.54) is 0 Å². The number of rotatable bonds is 4. The summed E-state index contributed by atoms with van der Waals surface area (Å²) in [4.78, 5) is 8.78. The van der Waals surface area contributed by atoms with Gasteiger partial charge >= 0.3 is 142 Å². The van der Waals surface area contributed by atoms with Gasteiger partial charge < -0.3 is 0 Å². The Balaban J connectivity index is 1.55. The van der Waals surface area contributed by atoms with Crippen LogP contribution < -0.4 is 7.06 Å².